The van der Waals surface area contributed by atoms with Crippen LogP contribution in [0.5, 0.6) is 5.88 Å². The second kappa shape index (κ2) is 5.86. The van der Waals surface area contributed by atoms with E-state index in [1.165, 1.54) is 12.8 Å². The summed E-state index contributed by atoms with van der Waals surface area (Å²) in [6, 6.07) is 0. The van der Waals surface area contributed by atoms with Crippen molar-refractivity contribution < 1.29 is 14.6 Å². The number of carboxylic acid groups (broad SMARTS) is 1. The Bertz CT molecular complexity index is 472. The number of nitrogens with zero attached hydrogens (tertiary/aromatic N) is 2. The van der Waals surface area contributed by atoms with Gasteiger partial charge in [-0.05, 0) is 32.1 Å². The van der Waals surface area contributed by atoms with Gasteiger partial charge >= 0.3 is 5.97 Å². The molecule has 1 aliphatic rings. The Kier molecular flexibility index (Phi) is 4.19. The molecule has 0 bridgehead atoms. The largest absolute Gasteiger partial charge is 0.479 e. The maximum atomic E-state index is 10.6. The molecular weight excluding hydrogens is 246 g/mol. The number of aliphatic carboxylic acids is 1. The quantitative estimate of drug-likeness (QED) is 0.779. The third-order valence-corrected chi connectivity index (χ3v) is 3.12. The Morgan fingerprint density at radius 3 is 2.79 bits per heavy atom. The Morgan fingerprint density at radius 1 is 1.47 bits per heavy atom. The highest BCUT2D eigenvalue weighted by Gasteiger charge is 2.21. The van der Waals surface area contributed by atoms with Gasteiger partial charge in [0.2, 0.25) is 11.8 Å². The predicted octanol–water partition coefficient (Wildman–Crippen LogP) is 1.63. The summed E-state index contributed by atoms with van der Waals surface area (Å²) in [6.45, 7) is 4.33. The molecule has 2 rings (SSSR count). The summed E-state index contributed by atoms with van der Waals surface area (Å²) in [7, 11) is 0. The second-order valence-corrected chi connectivity index (χ2v) is 4.78. The molecule has 19 heavy (non-hydrogen) atoms. The fraction of sp³-hybridized carbons (Fsp3) is 0.615. The van der Waals surface area contributed by atoms with Crippen molar-refractivity contribution >= 4 is 11.9 Å². The Labute approximate surface area is 112 Å². The summed E-state index contributed by atoms with van der Waals surface area (Å²) in [5.74, 6) is 0.587. The summed E-state index contributed by atoms with van der Waals surface area (Å²) in [5.41, 5.74) is 1.69. The first kappa shape index (κ1) is 13.6. The lowest BCUT2D eigenvalue weighted by molar-refractivity contribution is -0.139. The number of hydrogen-bond donors (Lipinski definition) is 2. The Balaban J connectivity index is 2.13. The molecule has 0 atom stereocenters. The van der Waals surface area contributed by atoms with E-state index >= 15 is 0 Å². The number of rotatable bonds is 7. The van der Waals surface area contributed by atoms with Crippen LogP contribution < -0.4 is 10.1 Å². The van der Waals surface area contributed by atoms with Gasteiger partial charge in [-0.25, -0.2) is 9.78 Å². The van der Waals surface area contributed by atoms with Gasteiger partial charge in [-0.1, -0.05) is 6.92 Å². The van der Waals surface area contributed by atoms with Gasteiger partial charge in [-0.2, -0.15) is 4.98 Å². The maximum Gasteiger partial charge on any atom is 0.341 e. The molecule has 6 heteroatoms. The van der Waals surface area contributed by atoms with Gasteiger partial charge in [-0.15, -0.1) is 0 Å². The highest BCUT2D eigenvalue weighted by atomic mass is 16.5. The molecule has 1 aromatic heterocycles. The molecular formula is C13H19N3O3. The zero-order valence-corrected chi connectivity index (χ0v) is 11.3. The molecule has 6 nitrogen and oxygen atoms in total. The zero-order chi connectivity index (χ0) is 13.8. The molecule has 0 amide bonds. The number of ether oxygens (including phenoxy) is 1. The van der Waals surface area contributed by atoms with E-state index in [1.54, 1.807) is 0 Å². The lowest BCUT2D eigenvalue weighted by Gasteiger charge is -2.12. The van der Waals surface area contributed by atoms with E-state index in [2.05, 4.69) is 15.3 Å². The van der Waals surface area contributed by atoms with Gasteiger partial charge in [0.25, 0.3) is 0 Å². The second-order valence-electron chi connectivity index (χ2n) is 4.78. The summed E-state index contributed by atoms with van der Waals surface area (Å²) in [5, 5.41) is 11.8. The predicted molar refractivity (Wildman–Crippen MR) is 70.5 cm³/mol. The standard InChI is InChI=1S/C13H19N3O3/c1-3-10-8(2)12(19-7-11(17)18)16-13(15-10)14-6-9-4-5-9/h9H,3-7H2,1-2H3,(H,17,18)(H,14,15,16). The fourth-order valence-corrected chi connectivity index (χ4v) is 1.79. The lowest BCUT2D eigenvalue weighted by atomic mass is 10.2. The SMILES string of the molecule is CCc1nc(NCC2CC2)nc(OCC(=O)O)c1C. The molecule has 1 aromatic rings. The third kappa shape index (κ3) is 3.81. The minimum atomic E-state index is -1.01. The molecule has 0 radical (unpaired) electrons. The molecule has 1 heterocycles. The molecule has 104 valence electrons. The Morgan fingerprint density at radius 2 is 2.21 bits per heavy atom. The zero-order valence-electron chi connectivity index (χ0n) is 11.3. The molecule has 0 aliphatic heterocycles. The summed E-state index contributed by atoms with van der Waals surface area (Å²) >= 11 is 0. The molecule has 0 aromatic carbocycles. The van der Waals surface area contributed by atoms with E-state index in [1.807, 2.05) is 13.8 Å². The van der Waals surface area contributed by atoms with Gasteiger partial charge in [0, 0.05) is 12.1 Å². The molecule has 0 spiro atoms. The summed E-state index contributed by atoms with van der Waals surface area (Å²) < 4.78 is 5.21. The van der Waals surface area contributed by atoms with E-state index in [-0.39, 0.29) is 6.61 Å². The fourth-order valence-electron chi connectivity index (χ4n) is 1.79. The molecule has 1 fully saturated rings. The van der Waals surface area contributed by atoms with Gasteiger partial charge < -0.3 is 15.2 Å². The number of carbonyl (C=O) groups is 1. The maximum absolute atomic E-state index is 10.6. The molecule has 0 saturated heterocycles. The number of carboxylic acids is 1. The molecule has 2 N–H and O–H groups in total. The van der Waals surface area contributed by atoms with Crippen LogP contribution in [0.15, 0.2) is 0 Å². The summed E-state index contributed by atoms with van der Waals surface area (Å²) in [4.78, 5) is 19.2. The first-order valence-corrected chi connectivity index (χ1v) is 6.56. The van der Waals surface area contributed by atoms with Crippen LogP contribution in [0.4, 0.5) is 5.95 Å². The van der Waals surface area contributed by atoms with Crippen LogP contribution in [0.2, 0.25) is 0 Å². The van der Waals surface area contributed by atoms with Crippen molar-refractivity contribution in [3.63, 3.8) is 0 Å². The molecule has 0 unspecified atom stereocenters. The topological polar surface area (TPSA) is 84.3 Å². The van der Waals surface area contributed by atoms with Crippen molar-refractivity contribution in [2.45, 2.75) is 33.1 Å². The molecule has 1 aliphatic carbocycles. The Hall–Kier alpha value is -1.85. The monoisotopic (exact) mass is 265 g/mol. The van der Waals surface area contributed by atoms with Crippen molar-refractivity contribution in [1.29, 1.82) is 0 Å². The van der Waals surface area contributed by atoms with Gasteiger partial charge in [-0.3, -0.25) is 0 Å². The van der Waals surface area contributed by atoms with Crippen LogP contribution in [0.1, 0.15) is 31.0 Å². The minimum Gasteiger partial charge on any atom is -0.479 e. The van der Waals surface area contributed by atoms with E-state index < -0.39 is 5.97 Å². The van der Waals surface area contributed by atoms with Crippen LogP contribution in [0.3, 0.4) is 0 Å². The highest BCUT2D eigenvalue weighted by Crippen LogP contribution is 2.29. The van der Waals surface area contributed by atoms with Crippen molar-refractivity contribution in [2.24, 2.45) is 5.92 Å². The van der Waals surface area contributed by atoms with Gasteiger partial charge in [0.05, 0.1) is 5.69 Å². The normalized spacial score (nSPS) is 14.2. The van der Waals surface area contributed by atoms with Crippen molar-refractivity contribution in [3.8, 4) is 5.88 Å². The van der Waals surface area contributed by atoms with Crippen LogP contribution in [0.25, 0.3) is 0 Å². The number of aromatic nitrogens is 2. The third-order valence-electron chi connectivity index (χ3n) is 3.12. The van der Waals surface area contributed by atoms with Gasteiger partial charge in [0.1, 0.15) is 0 Å². The number of hydrogen-bond acceptors (Lipinski definition) is 5. The first-order valence-electron chi connectivity index (χ1n) is 6.56. The number of aryl methyl sites for hydroxylation is 1. The van der Waals surface area contributed by atoms with E-state index in [4.69, 9.17) is 9.84 Å². The van der Waals surface area contributed by atoms with Crippen molar-refractivity contribution in [3.05, 3.63) is 11.3 Å². The summed E-state index contributed by atoms with van der Waals surface area (Å²) in [6.07, 6.45) is 3.26. The highest BCUT2D eigenvalue weighted by molar-refractivity contribution is 5.68. The average molecular weight is 265 g/mol. The van der Waals surface area contributed by atoms with Crippen LogP contribution in [-0.2, 0) is 11.2 Å². The van der Waals surface area contributed by atoms with Gasteiger partial charge in [0.15, 0.2) is 6.61 Å². The van der Waals surface area contributed by atoms with Crippen molar-refractivity contribution in [2.75, 3.05) is 18.5 Å². The van der Waals surface area contributed by atoms with Crippen LogP contribution in [-0.4, -0.2) is 34.2 Å². The number of nitrogens with one attached hydrogen (secondary N) is 1. The van der Waals surface area contributed by atoms with E-state index in [9.17, 15) is 4.79 Å². The van der Waals surface area contributed by atoms with Crippen LogP contribution >= 0.6 is 0 Å². The average Bonchev–Trinajstić information content (AvgIpc) is 3.19. The minimum absolute atomic E-state index is 0.354. The smallest absolute Gasteiger partial charge is 0.341 e. The first-order chi connectivity index (χ1) is 9.10. The molecule has 1 saturated carbocycles. The van der Waals surface area contributed by atoms with E-state index in [0.717, 1.165) is 30.1 Å². The van der Waals surface area contributed by atoms with Crippen molar-refractivity contribution in [1.82, 2.24) is 9.97 Å². The van der Waals surface area contributed by atoms with Crippen LogP contribution in [0, 0.1) is 12.8 Å². The number of anilines is 1. The lowest BCUT2D eigenvalue weighted by Crippen LogP contribution is -2.14. The van der Waals surface area contributed by atoms with E-state index in [0.29, 0.717) is 11.8 Å².